The number of furan rings is 1. The van der Waals surface area contributed by atoms with Gasteiger partial charge in [0.2, 0.25) is 11.5 Å². The summed E-state index contributed by atoms with van der Waals surface area (Å²) >= 11 is 6.07. The summed E-state index contributed by atoms with van der Waals surface area (Å²) in [4.78, 5) is 39.6. The zero-order valence-electron chi connectivity index (χ0n) is 18.3. The third-order valence-electron chi connectivity index (χ3n) is 5.71. The number of rotatable bonds is 6. The van der Waals surface area contributed by atoms with Crippen LogP contribution in [-0.4, -0.2) is 15.0 Å². The summed E-state index contributed by atoms with van der Waals surface area (Å²) in [5.74, 6) is -1.18. The van der Waals surface area contributed by atoms with Crippen molar-refractivity contribution in [2.45, 2.75) is 19.5 Å². The van der Waals surface area contributed by atoms with Crippen LogP contribution >= 0.6 is 11.6 Å². The minimum Gasteiger partial charge on any atom is -0.449 e. The van der Waals surface area contributed by atoms with Crippen LogP contribution in [0.4, 0.5) is 10.1 Å². The molecule has 1 amide bonds. The summed E-state index contributed by atoms with van der Waals surface area (Å²) < 4.78 is 21.7. The number of anilines is 1. The Bertz CT molecular complexity index is 1690. The molecule has 9 heteroatoms. The summed E-state index contributed by atoms with van der Waals surface area (Å²) in [7, 11) is 0. The van der Waals surface area contributed by atoms with E-state index in [0.29, 0.717) is 17.4 Å². The number of para-hydroxylation sites is 1. The van der Waals surface area contributed by atoms with Gasteiger partial charge in [-0.05, 0) is 42.3 Å². The first-order valence-electron chi connectivity index (χ1n) is 10.9. The van der Waals surface area contributed by atoms with Crippen molar-refractivity contribution in [3.8, 4) is 0 Å². The van der Waals surface area contributed by atoms with Gasteiger partial charge in [0.1, 0.15) is 23.5 Å². The molecular formula is C26H19ClFN3O4. The van der Waals surface area contributed by atoms with Crippen LogP contribution in [0.2, 0.25) is 5.02 Å². The van der Waals surface area contributed by atoms with Crippen molar-refractivity contribution >= 4 is 45.3 Å². The quantitative estimate of drug-likeness (QED) is 0.376. The molecule has 0 aliphatic heterocycles. The number of hydrogen-bond donors (Lipinski definition) is 1. The minimum absolute atomic E-state index is 0.0181. The Balaban J connectivity index is 1.60. The van der Waals surface area contributed by atoms with Crippen molar-refractivity contribution in [3.05, 3.63) is 110 Å². The van der Waals surface area contributed by atoms with Crippen molar-refractivity contribution in [3.63, 3.8) is 0 Å². The molecule has 2 aromatic heterocycles. The van der Waals surface area contributed by atoms with Gasteiger partial charge in [0.05, 0.1) is 10.7 Å². The first-order valence-corrected chi connectivity index (χ1v) is 11.2. The maximum Gasteiger partial charge on any atom is 0.332 e. The molecule has 3 aromatic carbocycles. The highest BCUT2D eigenvalue weighted by Gasteiger charge is 2.21. The molecule has 0 spiro atoms. The van der Waals surface area contributed by atoms with E-state index < -0.39 is 29.5 Å². The van der Waals surface area contributed by atoms with Crippen LogP contribution in [0.15, 0.2) is 86.8 Å². The summed E-state index contributed by atoms with van der Waals surface area (Å²) in [6.07, 6.45) is 0.437. The molecule has 2 heterocycles. The summed E-state index contributed by atoms with van der Waals surface area (Å²) in [5, 5.41) is 3.22. The van der Waals surface area contributed by atoms with Gasteiger partial charge in [-0.3, -0.25) is 18.7 Å². The monoisotopic (exact) mass is 491 g/mol. The fourth-order valence-electron chi connectivity index (χ4n) is 4.05. The van der Waals surface area contributed by atoms with Crippen LogP contribution in [0.25, 0.3) is 22.1 Å². The van der Waals surface area contributed by atoms with Crippen LogP contribution in [0.1, 0.15) is 5.56 Å². The van der Waals surface area contributed by atoms with Crippen molar-refractivity contribution < 1.29 is 13.6 Å². The van der Waals surface area contributed by atoms with Crippen molar-refractivity contribution in [2.75, 3.05) is 5.32 Å². The van der Waals surface area contributed by atoms with Gasteiger partial charge in [0.25, 0.3) is 5.56 Å². The Labute approximate surface area is 203 Å². The van der Waals surface area contributed by atoms with Gasteiger partial charge >= 0.3 is 5.69 Å². The number of carbonyl (C=O) groups excluding carboxylic acids is 1. The van der Waals surface area contributed by atoms with Gasteiger partial charge in [0, 0.05) is 11.9 Å². The molecule has 0 bridgehead atoms. The highest BCUT2D eigenvalue weighted by atomic mass is 35.5. The molecule has 35 heavy (non-hydrogen) atoms. The summed E-state index contributed by atoms with van der Waals surface area (Å²) in [5.41, 5.74) is 0.445. The number of amides is 1. The number of nitrogens with zero attached hydrogens (tertiary/aromatic N) is 2. The summed E-state index contributed by atoms with van der Waals surface area (Å²) in [6.45, 7) is -0.330. The topological polar surface area (TPSA) is 86.2 Å². The average Bonchev–Trinajstić information content (AvgIpc) is 3.24. The lowest BCUT2D eigenvalue weighted by Gasteiger charge is -2.13. The van der Waals surface area contributed by atoms with Crippen LogP contribution < -0.4 is 16.6 Å². The molecule has 0 aliphatic rings. The van der Waals surface area contributed by atoms with Crippen LogP contribution in [0, 0.1) is 5.82 Å². The molecule has 176 valence electrons. The van der Waals surface area contributed by atoms with Gasteiger partial charge in [-0.15, -0.1) is 0 Å². The highest BCUT2D eigenvalue weighted by molar-refractivity contribution is 6.33. The molecule has 0 saturated carbocycles. The van der Waals surface area contributed by atoms with E-state index in [2.05, 4.69) is 5.32 Å². The van der Waals surface area contributed by atoms with Crippen LogP contribution in [0.5, 0.6) is 0 Å². The second-order valence-corrected chi connectivity index (χ2v) is 8.42. The van der Waals surface area contributed by atoms with Crippen LogP contribution in [0.3, 0.4) is 0 Å². The number of aryl methyl sites for hydroxylation is 1. The fourth-order valence-corrected chi connectivity index (χ4v) is 4.22. The van der Waals surface area contributed by atoms with Crippen LogP contribution in [-0.2, 0) is 24.3 Å². The zero-order chi connectivity index (χ0) is 24.5. The molecule has 0 unspecified atom stereocenters. The second-order valence-electron chi connectivity index (χ2n) is 8.01. The molecule has 0 aliphatic carbocycles. The van der Waals surface area contributed by atoms with Gasteiger partial charge in [-0.2, -0.15) is 0 Å². The number of hydrogen-bond acceptors (Lipinski definition) is 4. The molecule has 5 aromatic rings. The highest BCUT2D eigenvalue weighted by Crippen LogP contribution is 2.26. The SMILES string of the molecule is O=C(Cn1c(=O)n(CCc2ccccc2)c(=O)c2oc3ccccc3c21)Nc1cc(F)ccc1Cl. The van der Waals surface area contributed by atoms with E-state index in [1.807, 2.05) is 30.3 Å². The number of fused-ring (bicyclic) bond motifs is 3. The van der Waals surface area contributed by atoms with Gasteiger partial charge in [-0.1, -0.05) is 54.1 Å². The summed E-state index contributed by atoms with van der Waals surface area (Å²) in [6, 6.07) is 19.9. The zero-order valence-corrected chi connectivity index (χ0v) is 19.1. The molecule has 7 nitrogen and oxygen atoms in total. The van der Waals surface area contributed by atoms with E-state index in [-0.39, 0.29) is 28.4 Å². The normalized spacial score (nSPS) is 11.3. The number of carbonyl (C=O) groups is 1. The molecule has 5 rings (SSSR count). The van der Waals surface area contributed by atoms with Crippen molar-refractivity contribution in [1.29, 1.82) is 0 Å². The third kappa shape index (κ3) is 4.36. The Kier molecular flexibility index (Phi) is 5.96. The first-order chi connectivity index (χ1) is 16.9. The smallest absolute Gasteiger partial charge is 0.332 e. The first kappa shape index (κ1) is 22.6. The molecule has 1 N–H and O–H groups in total. The number of aromatic nitrogens is 2. The average molecular weight is 492 g/mol. The lowest BCUT2D eigenvalue weighted by atomic mass is 10.1. The van der Waals surface area contributed by atoms with E-state index in [1.54, 1.807) is 24.3 Å². The molecule has 0 fully saturated rings. The third-order valence-corrected chi connectivity index (χ3v) is 6.04. The van der Waals surface area contributed by atoms with Gasteiger partial charge in [-0.25, -0.2) is 9.18 Å². The van der Waals surface area contributed by atoms with E-state index in [0.717, 1.165) is 16.2 Å². The van der Waals surface area contributed by atoms with E-state index >= 15 is 0 Å². The van der Waals surface area contributed by atoms with E-state index in [4.69, 9.17) is 16.0 Å². The Morgan fingerprint density at radius 2 is 1.71 bits per heavy atom. The Morgan fingerprint density at radius 3 is 2.51 bits per heavy atom. The lowest BCUT2D eigenvalue weighted by molar-refractivity contribution is -0.116. The van der Waals surface area contributed by atoms with Gasteiger partial charge in [0.15, 0.2) is 0 Å². The van der Waals surface area contributed by atoms with Gasteiger partial charge < -0.3 is 9.73 Å². The molecule has 0 radical (unpaired) electrons. The minimum atomic E-state index is -0.648. The number of halogens is 2. The predicted molar refractivity (Wildman–Crippen MR) is 132 cm³/mol. The van der Waals surface area contributed by atoms with E-state index in [1.165, 1.54) is 16.7 Å². The maximum atomic E-state index is 13.6. The van der Waals surface area contributed by atoms with E-state index in [9.17, 15) is 18.8 Å². The fraction of sp³-hybridized carbons (Fsp3) is 0.115. The maximum absolute atomic E-state index is 13.6. The van der Waals surface area contributed by atoms with Crippen molar-refractivity contribution in [2.24, 2.45) is 0 Å². The largest absolute Gasteiger partial charge is 0.449 e. The Morgan fingerprint density at radius 1 is 0.971 bits per heavy atom. The predicted octanol–water partition coefficient (Wildman–Crippen LogP) is 4.58. The van der Waals surface area contributed by atoms with Crippen molar-refractivity contribution in [1.82, 2.24) is 9.13 Å². The molecular weight excluding hydrogens is 473 g/mol. The number of benzene rings is 3. The molecule has 0 saturated heterocycles. The second kappa shape index (κ2) is 9.23. The standard InChI is InChI=1S/C26H19ClFN3O4/c27-19-11-10-17(28)14-20(19)29-22(32)15-31-23-18-8-4-5-9-21(18)35-24(23)25(33)30(26(31)34)13-12-16-6-2-1-3-7-16/h1-11,14H,12-13,15H2,(H,29,32). The lowest BCUT2D eigenvalue weighted by Crippen LogP contribution is -2.41. The molecule has 0 atom stereocenters. The number of nitrogens with one attached hydrogen (secondary N) is 1. The Hall–Kier alpha value is -4.17.